The average Bonchev–Trinajstić information content (AvgIpc) is 3.38. The Bertz CT molecular complexity index is 1090. The number of amides is 1. The molecule has 1 aromatic carbocycles. The largest absolute Gasteiger partial charge is 0.443 e. The fourth-order valence-electron chi connectivity index (χ4n) is 6.84. The summed E-state index contributed by atoms with van der Waals surface area (Å²) in [6, 6.07) is 6.97. The van der Waals surface area contributed by atoms with Gasteiger partial charge in [0.25, 0.3) is 0 Å². The van der Waals surface area contributed by atoms with Crippen molar-refractivity contribution >= 4 is 27.6 Å². The number of hydrogen-bond acceptors (Lipinski definition) is 6. The van der Waals surface area contributed by atoms with E-state index in [9.17, 15) is 13.2 Å². The van der Waals surface area contributed by atoms with Crippen LogP contribution in [0.1, 0.15) is 45.1 Å². The van der Waals surface area contributed by atoms with E-state index in [2.05, 4.69) is 18.7 Å². The molecule has 4 aliphatic rings. The third-order valence-electron chi connectivity index (χ3n) is 9.40. The fraction of sp³-hybridized carbons (Fsp3) is 0.680. The van der Waals surface area contributed by atoms with Crippen LogP contribution < -0.4 is 10.6 Å². The van der Waals surface area contributed by atoms with Crippen LogP contribution in [-0.2, 0) is 14.8 Å². The van der Waals surface area contributed by atoms with Crippen molar-refractivity contribution in [2.24, 2.45) is 22.5 Å². The molecule has 2 atom stereocenters. The zero-order valence-corrected chi connectivity index (χ0v) is 21.5. The fourth-order valence-corrected chi connectivity index (χ4v) is 9.09. The van der Waals surface area contributed by atoms with Gasteiger partial charge < -0.3 is 10.5 Å². The lowest BCUT2D eigenvalue weighted by molar-refractivity contribution is 0.0929. The SMILES string of the molecule is CC12CCC(CC1)[C@]2(C)CS(=O)(=O)N1CCN(CC2CN(c3ccc(C(=N)N)cc3)C(=O)O2)CC1. The maximum Gasteiger partial charge on any atom is 0.414 e. The molecule has 0 spiro atoms. The predicted molar refractivity (Wildman–Crippen MR) is 135 cm³/mol. The quantitative estimate of drug-likeness (QED) is 0.436. The van der Waals surface area contributed by atoms with Crippen LogP contribution in [0, 0.1) is 22.2 Å². The van der Waals surface area contributed by atoms with Crippen molar-refractivity contribution in [2.45, 2.75) is 45.6 Å². The number of piperazine rings is 1. The van der Waals surface area contributed by atoms with Gasteiger partial charge in [0, 0.05) is 44.0 Å². The molecule has 192 valence electrons. The molecule has 3 N–H and O–H groups in total. The summed E-state index contributed by atoms with van der Waals surface area (Å²) >= 11 is 0. The number of amidine groups is 1. The summed E-state index contributed by atoms with van der Waals surface area (Å²) in [6.45, 7) is 7.76. The first-order valence-corrected chi connectivity index (χ1v) is 14.2. The number of ether oxygens (including phenoxy) is 1. The van der Waals surface area contributed by atoms with Crippen LogP contribution in [0.15, 0.2) is 24.3 Å². The van der Waals surface area contributed by atoms with E-state index in [-0.39, 0.29) is 34.6 Å². The molecular weight excluding hydrogens is 466 g/mol. The number of rotatable bonds is 7. The third kappa shape index (κ3) is 4.34. The zero-order chi connectivity index (χ0) is 25.0. The van der Waals surface area contributed by atoms with Crippen molar-refractivity contribution in [1.29, 1.82) is 5.41 Å². The highest BCUT2D eigenvalue weighted by atomic mass is 32.2. The summed E-state index contributed by atoms with van der Waals surface area (Å²) in [5.41, 5.74) is 6.85. The smallest absolute Gasteiger partial charge is 0.414 e. The van der Waals surface area contributed by atoms with Crippen molar-refractivity contribution in [3.8, 4) is 0 Å². The molecule has 10 heteroatoms. The number of nitrogen functional groups attached to an aromatic ring is 1. The van der Waals surface area contributed by atoms with E-state index in [1.54, 1.807) is 33.5 Å². The van der Waals surface area contributed by atoms with Crippen LogP contribution in [0.2, 0.25) is 0 Å². The number of nitrogens with one attached hydrogen (secondary N) is 1. The highest BCUT2D eigenvalue weighted by Gasteiger charge is 2.60. The van der Waals surface area contributed by atoms with Crippen LogP contribution >= 0.6 is 0 Å². The predicted octanol–water partition coefficient (Wildman–Crippen LogP) is 2.46. The van der Waals surface area contributed by atoms with Crippen molar-refractivity contribution in [3.05, 3.63) is 29.8 Å². The molecule has 2 aliphatic carbocycles. The molecule has 1 aromatic rings. The van der Waals surface area contributed by atoms with Gasteiger partial charge in [-0.25, -0.2) is 13.2 Å². The summed E-state index contributed by atoms with van der Waals surface area (Å²) in [5.74, 6) is 0.777. The Morgan fingerprint density at radius 1 is 1.11 bits per heavy atom. The lowest BCUT2D eigenvalue weighted by Crippen LogP contribution is -2.53. The van der Waals surface area contributed by atoms with Crippen molar-refractivity contribution in [3.63, 3.8) is 0 Å². The third-order valence-corrected chi connectivity index (χ3v) is 11.5. The van der Waals surface area contributed by atoms with Crippen LogP contribution in [0.4, 0.5) is 10.5 Å². The minimum Gasteiger partial charge on any atom is -0.443 e. The van der Waals surface area contributed by atoms with Gasteiger partial charge in [0.15, 0.2) is 0 Å². The Labute approximate surface area is 208 Å². The number of nitrogens with zero attached hydrogens (tertiary/aromatic N) is 3. The maximum absolute atomic E-state index is 13.4. The number of cyclic esters (lactones) is 1. The van der Waals surface area contributed by atoms with E-state index in [1.165, 1.54) is 0 Å². The first-order valence-electron chi connectivity index (χ1n) is 12.6. The van der Waals surface area contributed by atoms with Gasteiger partial charge in [-0.2, -0.15) is 4.31 Å². The van der Waals surface area contributed by atoms with E-state index in [0.717, 1.165) is 25.7 Å². The molecule has 1 unspecified atom stereocenters. The van der Waals surface area contributed by atoms with Gasteiger partial charge in [-0.15, -0.1) is 0 Å². The Morgan fingerprint density at radius 2 is 1.74 bits per heavy atom. The molecule has 2 saturated carbocycles. The molecule has 9 nitrogen and oxygen atoms in total. The van der Waals surface area contributed by atoms with Crippen molar-refractivity contribution in [1.82, 2.24) is 9.21 Å². The van der Waals surface area contributed by atoms with Crippen molar-refractivity contribution in [2.75, 3.05) is 49.9 Å². The van der Waals surface area contributed by atoms with Crippen molar-refractivity contribution < 1.29 is 17.9 Å². The number of carbonyl (C=O) groups excluding carboxylic acids is 1. The Balaban J connectivity index is 1.14. The topological polar surface area (TPSA) is 120 Å². The first kappa shape index (κ1) is 24.5. The molecule has 5 rings (SSSR count). The minimum absolute atomic E-state index is 0.0153. The Hall–Kier alpha value is -2.17. The number of fused-ring (bicyclic) bond motifs is 2. The zero-order valence-electron chi connectivity index (χ0n) is 20.7. The molecule has 2 saturated heterocycles. The van der Waals surface area contributed by atoms with Gasteiger partial charge in [-0.3, -0.25) is 15.2 Å². The summed E-state index contributed by atoms with van der Waals surface area (Å²) in [5, 5.41) is 7.50. The van der Waals surface area contributed by atoms with Crippen LogP contribution in [0.5, 0.6) is 0 Å². The Kier molecular flexibility index (Phi) is 6.12. The van der Waals surface area contributed by atoms with E-state index in [4.69, 9.17) is 15.9 Å². The van der Waals surface area contributed by atoms with Crippen LogP contribution in [0.3, 0.4) is 0 Å². The first-order chi connectivity index (χ1) is 16.5. The van der Waals surface area contributed by atoms with E-state index >= 15 is 0 Å². The number of anilines is 1. The number of hydrogen-bond donors (Lipinski definition) is 2. The standard InChI is InChI=1S/C25H37N5O4S/c1-24-9-7-19(8-10-24)25(24,2)17-35(32,33)29-13-11-28(12-14-29)15-21-16-30(23(31)34-21)20-5-3-18(4-6-20)22(26)27/h3-6,19,21H,7-17H2,1-2H3,(H3,26,27)/t19?,21?,24?,25-/m0/s1. The maximum atomic E-state index is 13.4. The molecule has 2 aliphatic heterocycles. The molecule has 0 radical (unpaired) electrons. The summed E-state index contributed by atoms with van der Waals surface area (Å²) in [6.07, 6.45) is 3.96. The van der Waals surface area contributed by atoms with E-state index in [0.29, 0.717) is 56.4 Å². The molecule has 4 fully saturated rings. The summed E-state index contributed by atoms with van der Waals surface area (Å²) < 4.78 is 34.0. The second kappa shape index (κ2) is 8.74. The van der Waals surface area contributed by atoms with Gasteiger partial charge in [0.1, 0.15) is 11.9 Å². The van der Waals surface area contributed by atoms with Crippen LogP contribution in [-0.4, -0.2) is 80.7 Å². The van der Waals surface area contributed by atoms with E-state index in [1.807, 2.05) is 0 Å². The van der Waals surface area contributed by atoms with Gasteiger partial charge in [0.2, 0.25) is 10.0 Å². The number of benzene rings is 1. The molecule has 2 bridgehead atoms. The molecule has 35 heavy (non-hydrogen) atoms. The van der Waals surface area contributed by atoms with Gasteiger partial charge in [-0.1, -0.05) is 13.8 Å². The van der Waals surface area contributed by atoms with Crippen LogP contribution in [0.25, 0.3) is 0 Å². The van der Waals surface area contributed by atoms with Gasteiger partial charge in [-0.05, 0) is 66.7 Å². The number of carbonyl (C=O) groups is 1. The van der Waals surface area contributed by atoms with E-state index < -0.39 is 10.0 Å². The average molecular weight is 504 g/mol. The lowest BCUT2D eigenvalue weighted by atomic mass is 9.71. The monoisotopic (exact) mass is 503 g/mol. The van der Waals surface area contributed by atoms with Gasteiger partial charge in [0.05, 0.1) is 12.3 Å². The molecular formula is C25H37N5O4S. The summed E-state index contributed by atoms with van der Waals surface area (Å²) in [7, 11) is -3.31. The highest BCUT2D eigenvalue weighted by molar-refractivity contribution is 7.89. The second-order valence-electron chi connectivity index (χ2n) is 11.3. The van der Waals surface area contributed by atoms with Gasteiger partial charge >= 0.3 is 6.09 Å². The highest BCUT2D eigenvalue weighted by Crippen LogP contribution is 2.66. The number of sulfonamides is 1. The molecule has 0 aromatic heterocycles. The molecule has 1 amide bonds. The lowest BCUT2D eigenvalue weighted by Gasteiger charge is -2.41. The summed E-state index contributed by atoms with van der Waals surface area (Å²) in [4.78, 5) is 16.2. The number of nitrogens with two attached hydrogens (primary N) is 1. The molecule has 2 heterocycles. The normalized spacial score (nSPS) is 33.9. The second-order valence-corrected chi connectivity index (χ2v) is 13.3. The minimum atomic E-state index is -3.31. The Morgan fingerprint density at radius 3 is 2.29 bits per heavy atom.